The Balaban J connectivity index is 2.03. The number of allylic oxidation sites excluding steroid dienone is 1. The van der Waals surface area contributed by atoms with Crippen LogP contribution in [0.5, 0.6) is 0 Å². The number of carbonyl (C=O) groups is 1. The molecule has 0 bridgehead atoms. The summed E-state index contributed by atoms with van der Waals surface area (Å²) >= 11 is 0. The molecule has 5 nitrogen and oxygen atoms in total. The summed E-state index contributed by atoms with van der Waals surface area (Å²) in [6, 6.07) is 12.3. The Hall–Kier alpha value is -2.87. The zero-order chi connectivity index (χ0) is 18.8. The molecule has 1 saturated heterocycles. The highest BCUT2D eigenvalue weighted by molar-refractivity contribution is 5.83. The van der Waals surface area contributed by atoms with E-state index < -0.39 is 0 Å². The monoisotopic (exact) mass is 351 g/mol. The van der Waals surface area contributed by atoms with E-state index in [1.165, 1.54) is 6.08 Å². The summed E-state index contributed by atoms with van der Waals surface area (Å²) in [5, 5.41) is 9.42. The SMILES string of the molecule is CCOC(=O)/C=C/[C@@H]1CCCN1/C=C(\C#N)C=N[C@H](C)c1ccccc1. The van der Waals surface area contributed by atoms with Gasteiger partial charge >= 0.3 is 5.97 Å². The molecule has 0 spiro atoms. The Morgan fingerprint density at radius 3 is 2.92 bits per heavy atom. The van der Waals surface area contributed by atoms with Crippen molar-refractivity contribution in [2.75, 3.05) is 13.2 Å². The molecule has 2 rings (SSSR count). The fraction of sp³-hybridized carbons (Fsp3) is 0.381. The summed E-state index contributed by atoms with van der Waals surface area (Å²) < 4.78 is 4.91. The van der Waals surface area contributed by atoms with Gasteiger partial charge in [-0.3, -0.25) is 4.99 Å². The summed E-state index contributed by atoms with van der Waals surface area (Å²) in [4.78, 5) is 18.1. The Bertz CT molecular complexity index is 717. The van der Waals surface area contributed by atoms with Gasteiger partial charge in [-0.15, -0.1) is 0 Å². The normalized spacial score (nSPS) is 19.0. The lowest BCUT2D eigenvalue weighted by atomic mass is 10.1. The van der Waals surface area contributed by atoms with Crippen LogP contribution < -0.4 is 0 Å². The van der Waals surface area contributed by atoms with E-state index in [-0.39, 0.29) is 18.1 Å². The number of nitriles is 1. The van der Waals surface area contributed by atoms with Crippen LogP contribution in [-0.4, -0.2) is 36.3 Å². The highest BCUT2D eigenvalue weighted by Gasteiger charge is 2.20. The smallest absolute Gasteiger partial charge is 0.330 e. The molecule has 0 saturated carbocycles. The fourth-order valence-corrected chi connectivity index (χ4v) is 2.84. The first-order valence-corrected chi connectivity index (χ1v) is 8.94. The van der Waals surface area contributed by atoms with E-state index >= 15 is 0 Å². The third-order valence-electron chi connectivity index (χ3n) is 4.24. The highest BCUT2D eigenvalue weighted by atomic mass is 16.5. The molecule has 2 atom stereocenters. The molecule has 1 aromatic rings. The standard InChI is InChI=1S/C21H25N3O2/c1-3-26-21(25)12-11-20-10-7-13-24(20)16-18(14-22)15-23-17(2)19-8-5-4-6-9-19/h4-6,8-9,11-12,15-17,20H,3,7,10,13H2,1-2H3/b12-11+,18-16+,23-15?/t17-,20+/m1/s1. The number of hydrogen-bond donors (Lipinski definition) is 0. The van der Waals surface area contributed by atoms with E-state index in [0.29, 0.717) is 12.2 Å². The van der Waals surface area contributed by atoms with Crippen molar-refractivity contribution >= 4 is 12.2 Å². The van der Waals surface area contributed by atoms with Crippen LogP contribution in [0.15, 0.2) is 59.2 Å². The Kier molecular flexibility index (Phi) is 7.63. The lowest BCUT2D eigenvalue weighted by Crippen LogP contribution is -2.23. The first-order chi connectivity index (χ1) is 12.6. The van der Waals surface area contributed by atoms with Gasteiger partial charge in [0.15, 0.2) is 0 Å². The van der Waals surface area contributed by atoms with Crippen LogP contribution in [0.2, 0.25) is 0 Å². The summed E-state index contributed by atoms with van der Waals surface area (Å²) in [6.45, 7) is 5.00. The minimum atomic E-state index is -0.331. The van der Waals surface area contributed by atoms with E-state index in [9.17, 15) is 10.1 Å². The minimum Gasteiger partial charge on any atom is -0.463 e. The van der Waals surface area contributed by atoms with Crippen molar-refractivity contribution in [3.05, 3.63) is 59.8 Å². The maximum Gasteiger partial charge on any atom is 0.330 e. The van der Waals surface area contributed by atoms with Gasteiger partial charge < -0.3 is 9.64 Å². The molecular formula is C21H25N3O2. The molecule has 1 fully saturated rings. The van der Waals surface area contributed by atoms with Gasteiger partial charge in [-0.05, 0) is 32.3 Å². The first-order valence-electron chi connectivity index (χ1n) is 8.94. The topological polar surface area (TPSA) is 65.7 Å². The molecular weight excluding hydrogens is 326 g/mol. The van der Waals surface area contributed by atoms with Crippen molar-refractivity contribution in [2.24, 2.45) is 4.99 Å². The van der Waals surface area contributed by atoms with Crippen LogP contribution in [0.1, 0.15) is 38.3 Å². The number of carbonyl (C=O) groups excluding carboxylic acids is 1. The predicted molar refractivity (Wildman–Crippen MR) is 103 cm³/mol. The Morgan fingerprint density at radius 1 is 1.46 bits per heavy atom. The Morgan fingerprint density at radius 2 is 2.23 bits per heavy atom. The molecule has 0 unspecified atom stereocenters. The first kappa shape index (κ1) is 19.5. The second kappa shape index (κ2) is 10.2. The van der Waals surface area contributed by atoms with Crippen LogP contribution in [-0.2, 0) is 9.53 Å². The van der Waals surface area contributed by atoms with Gasteiger partial charge in [0.2, 0.25) is 0 Å². The zero-order valence-electron chi connectivity index (χ0n) is 15.3. The average molecular weight is 351 g/mol. The van der Waals surface area contributed by atoms with Crippen molar-refractivity contribution in [3.63, 3.8) is 0 Å². The van der Waals surface area contributed by atoms with Crippen LogP contribution in [0.4, 0.5) is 0 Å². The molecule has 1 aliphatic heterocycles. The minimum absolute atomic E-state index is 0.00830. The van der Waals surface area contributed by atoms with E-state index in [1.807, 2.05) is 49.5 Å². The van der Waals surface area contributed by atoms with Gasteiger partial charge in [-0.2, -0.15) is 5.26 Å². The summed E-state index contributed by atoms with van der Waals surface area (Å²) in [5.74, 6) is -0.331. The predicted octanol–water partition coefficient (Wildman–Crippen LogP) is 3.81. The molecule has 1 heterocycles. The zero-order valence-corrected chi connectivity index (χ0v) is 15.3. The van der Waals surface area contributed by atoms with Gasteiger partial charge in [-0.25, -0.2) is 4.79 Å². The second-order valence-electron chi connectivity index (χ2n) is 6.12. The number of rotatable bonds is 7. The number of hydrogen-bond acceptors (Lipinski definition) is 5. The van der Waals surface area contributed by atoms with Crippen molar-refractivity contribution in [1.82, 2.24) is 4.90 Å². The number of esters is 1. The van der Waals surface area contributed by atoms with Gasteiger partial charge in [0.05, 0.1) is 18.2 Å². The molecule has 0 N–H and O–H groups in total. The van der Waals surface area contributed by atoms with E-state index in [2.05, 4.69) is 16.0 Å². The summed E-state index contributed by atoms with van der Waals surface area (Å²) in [5.41, 5.74) is 1.61. The summed E-state index contributed by atoms with van der Waals surface area (Å²) in [7, 11) is 0. The van der Waals surface area contributed by atoms with E-state index in [4.69, 9.17) is 4.74 Å². The number of likely N-dealkylation sites (tertiary alicyclic amines) is 1. The van der Waals surface area contributed by atoms with Crippen LogP contribution in [0, 0.1) is 11.3 Å². The van der Waals surface area contributed by atoms with Crippen LogP contribution in [0.3, 0.4) is 0 Å². The molecule has 1 aromatic carbocycles. The maximum absolute atomic E-state index is 11.5. The average Bonchev–Trinajstić information content (AvgIpc) is 3.11. The summed E-state index contributed by atoms with van der Waals surface area (Å²) in [6.07, 6.45) is 8.74. The molecule has 5 heteroatoms. The fourth-order valence-electron chi connectivity index (χ4n) is 2.84. The molecule has 26 heavy (non-hydrogen) atoms. The van der Waals surface area contributed by atoms with Crippen molar-refractivity contribution in [1.29, 1.82) is 5.26 Å². The maximum atomic E-state index is 11.5. The largest absolute Gasteiger partial charge is 0.463 e. The van der Waals surface area contributed by atoms with E-state index in [0.717, 1.165) is 24.9 Å². The van der Waals surface area contributed by atoms with Crippen molar-refractivity contribution in [2.45, 2.75) is 38.8 Å². The second-order valence-corrected chi connectivity index (χ2v) is 6.12. The number of nitrogens with zero attached hydrogens (tertiary/aromatic N) is 3. The number of aliphatic imine (C=N–C) groups is 1. The quantitative estimate of drug-likeness (QED) is 0.324. The molecule has 0 radical (unpaired) electrons. The molecule has 0 aromatic heterocycles. The molecule has 1 aliphatic rings. The highest BCUT2D eigenvalue weighted by Crippen LogP contribution is 2.20. The van der Waals surface area contributed by atoms with Crippen molar-refractivity contribution in [3.8, 4) is 6.07 Å². The molecule has 0 amide bonds. The van der Waals surface area contributed by atoms with Crippen LogP contribution in [0.25, 0.3) is 0 Å². The van der Waals surface area contributed by atoms with Gasteiger partial charge in [0, 0.05) is 31.1 Å². The lowest BCUT2D eigenvalue weighted by Gasteiger charge is -2.19. The van der Waals surface area contributed by atoms with Gasteiger partial charge in [0.1, 0.15) is 6.07 Å². The van der Waals surface area contributed by atoms with Crippen LogP contribution >= 0.6 is 0 Å². The molecule has 0 aliphatic carbocycles. The third kappa shape index (κ3) is 5.89. The number of benzene rings is 1. The lowest BCUT2D eigenvalue weighted by molar-refractivity contribution is -0.137. The Labute approximate surface area is 155 Å². The number of ether oxygens (including phenoxy) is 1. The van der Waals surface area contributed by atoms with Crippen molar-refractivity contribution < 1.29 is 9.53 Å². The van der Waals surface area contributed by atoms with Gasteiger partial charge in [0.25, 0.3) is 0 Å². The van der Waals surface area contributed by atoms with Gasteiger partial charge in [-0.1, -0.05) is 36.4 Å². The van der Waals surface area contributed by atoms with E-state index in [1.54, 1.807) is 13.1 Å². The molecule has 136 valence electrons. The third-order valence-corrected chi connectivity index (χ3v) is 4.24.